The number of aromatic nitrogens is 1. The molecule has 3 rings (SSSR count). The summed E-state index contributed by atoms with van der Waals surface area (Å²) in [5.74, 6) is -1.07. The molecule has 3 N–H and O–H groups in total. The zero-order chi connectivity index (χ0) is 19.8. The predicted octanol–water partition coefficient (Wildman–Crippen LogP) is 4.19. The van der Waals surface area contributed by atoms with Crippen molar-refractivity contribution in [2.45, 2.75) is 24.6 Å². The van der Waals surface area contributed by atoms with Gasteiger partial charge in [0.1, 0.15) is 11.7 Å². The molecule has 1 aromatic heterocycles. The van der Waals surface area contributed by atoms with Gasteiger partial charge in [-0.15, -0.1) is 11.8 Å². The highest BCUT2D eigenvalue weighted by atomic mass is 35.5. The van der Waals surface area contributed by atoms with Gasteiger partial charge in [-0.2, -0.15) is 0 Å². The second-order valence-electron chi connectivity index (χ2n) is 6.53. The van der Waals surface area contributed by atoms with Gasteiger partial charge < -0.3 is 11.1 Å². The highest BCUT2D eigenvalue weighted by Crippen LogP contribution is 2.37. The number of benzene rings is 1. The van der Waals surface area contributed by atoms with Gasteiger partial charge in [-0.05, 0) is 38.1 Å². The quantitative estimate of drug-likeness (QED) is 0.795. The fourth-order valence-electron chi connectivity index (χ4n) is 2.53. The number of hydrogen-bond donors (Lipinski definition) is 2. The molecule has 0 spiro atoms. The first-order valence-corrected chi connectivity index (χ1v) is 9.43. The van der Waals surface area contributed by atoms with Gasteiger partial charge in [-0.25, -0.2) is 13.8 Å². The summed E-state index contributed by atoms with van der Waals surface area (Å²) in [6, 6.07) is 4.62. The van der Waals surface area contributed by atoms with Crippen LogP contribution in [0.1, 0.15) is 35.9 Å². The summed E-state index contributed by atoms with van der Waals surface area (Å²) in [6.45, 7) is 3.90. The number of nitrogens with zero attached hydrogens (tertiary/aromatic N) is 2. The van der Waals surface area contributed by atoms with Crippen molar-refractivity contribution in [3.63, 3.8) is 0 Å². The molecule has 1 aliphatic rings. The molecular weight excluding hydrogens is 394 g/mol. The Morgan fingerprint density at radius 3 is 2.74 bits per heavy atom. The van der Waals surface area contributed by atoms with Crippen LogP contribution in [0.4, 0.5) is 14.5 Å². The van der Waals surface area contributed by atoms with E-state index in [1.54, 1.807) is 11.8 Å². The molecule has 1 unspecified atom stereocenters. The Morgan fingerprint density at radius 1 is 1.33 bits per heavy atom. The van der Waals surface area contributed by atoms with Gasteiger partial charge in [0.25, 0.3) is 5.91 Å². The van der Waals surface area contributed by atoms with E-state index >= 15 is 0 Å². The Hall–Kier alpha value is -2.19. The third kappa shape index (κ3) is 4.22. The smallest absolute Gasteiger partial charge is 0.277 e. The Morgan fingerprint density at radius 2 is 2.07 bits per heavy atom. The van der Waals surface area contributed by atoms with Crippen LogP contribution in [0, 0.1) is 11.6 Å². The summed E-state index contributed by atoms with van der Waals surface area (Å²) in [4.78, 5) is 20.4. The molecule has 1 amide bonds. The molecule has 2 heterocycles. The van der Waals surface area contributed by atoms with Gasteiger partial charge in [-0.1, -0.05) is 11.6 Å². The van der Waals surface area contributed by atoms with E-state index in [1.165, 1.54) is 24.4 Å². The minimum Gasteiger partial charge on any atom is -0.386 e. The molecule has 0 fully saturated rings. The number of rotatable bonds is 3. The maximum Gasteiger partial charge on any atom is 0.277 e. The van der Waals surface area contributed by atoms with Gasteiger partial charge in [-0.3, -0.25) is 9.79 Å². The number of thioether (sulfide) groups is 1. The lowest BCUT2D eigenvalue weighted by Crippen LogP contribution is -2.39. The minimum absolute atomic E-state index is 0.0845. The monoisotopic (exact) mass is 410 g/mol. The maximum absolute atomic E-state index is 14.3. The first-order chi connectivity index (χ1) is 12.7. The maximum atomic E-state index is 14.3. The number of carbonyl (C=O) groups is 1. The molecule has 2 aromatic rings. The molecule has 1 aliphatic heterocycles. The zero-order valence-electron chi connectivity index (χ0n) is 14.6. The second-order valence-corrected chi connectivity index (χ2v) is 8.60. The van der Waals surface area contributed by atoms with Gasteiger partial charge in [0, 0.05) is 23.2 Å². The van der Waals surface area contributed by atoms with E-state index in [2.05, 4.69) is 15.3 Å². The molecule has 0 bridgehead atoms. The molecule has 5 nitrogen and oxygen atoms in total. The lowest BCUT2D eigenvalue weighted by molar-refractivity contribution is 0.101. The molecule has 142 valence electrons. The Balaban J connectivity index is 1.86. The van der Waals surface area contributed by atoms with Crippen molar-refractivity contribution in [2.24, 2.45) is 10.7 Å². The summed E-state index contributed by atoms with van der Waals surface area (Å²) in [7, 11) is 0. The number of amides is 1. The predicted molar refractivity (Wildman–Crippen MR) is 104 cm³/mol. The van der Waals surface area contributed by atoms with Crippen LogP contribution in [-0.2, 0) is 0 Å². The van der Waals surface area contributed by atoms with E-state index in [4.69, 9.17) is 17.3 Å². The van der Waals surface area contributed by atoms with Crippen LogP contribution in [0.3, 0.4) is 0 Å². The fourth-order valence-corrected chi connectivity index (χ4v) is 3.70. The van der Waals surface area contributed by atoms with E-state index in [1.807, 2.05) is 13.8 Å². The summed E-state index contributed by atoms with van der Waals surface area (Å²) in [5, 5.41) is 2.60. The standard InChI is InChI=1S/C18H17ClF2N4OS/c1-18(2)17(22)25-14(8-27-18)11-6-10(3-4-12(11)20)24-16(26)15-13(21)5-9(19)7-23-15/h3-7,14H,8H2,1-2H3,(H2,22,25)(H,24,26). The van der Waals surface area contributed by atoms with E-state index in [-0.39, 0.29) is 9.77 Å². The zero-order valence-corrected chi connectivity index (χ0v) is 16.2. The molecule has 0 saturated heterocycles. The van der Waals surface area contributed by atoms with Crippen LogP contribution in [0.15, 0.2) is 35.5 Å². The molecule has 27 heavy (non-hydrogen) atoms. The van der Waals surface area contributed by atoms with E-state index in [0.717, 1.165) is 6.07 Å². The number of hydrogen-bond acceptors (Lipinski definition) is 5. The average Bonchev–Trinajstić information content (AvgIpc) is 2.59. The largest absolute Gasteiger partial charge is 0.386 e. The highest BCUT2D eigenvalue weighted by molar-refractivity contribution is 8.01. The normalized spacial score (nSPS) is 18.7. The van der Waals surface area contributed by atoms with E-state index < -0.39 is 29.3 Å². The molecule has 1 atom stereocenters. The number of carbonyl (C=O) groups excluding carboxylic acids is 1. The van der Waals surface area contributed by atoms with Crippen LogP contribution in [0.25, 0.3) is 0 Å². The molecule has 0 aliphatic carbocycles. The summed E-state index contributed by atoms with van der Waals surface area (Å²) in [5.41, 5.74) is 6.20. The van der Waals surface area contributed by atoms with Crippen molar-refractivity contribution in [3.8, 4) is 0 Å². The molecule has 9 heteroatoms. The third-order valence-corrected chi connectivity index (χ3v) is 5.77. The van der Waals surface area contributed by atoms with Crippen LogP contribution < -0.4 is 11.1 Å². The summed E-state index contributed by atoms with van der Waals surface area (Å²) < 4.78 is 27.9. The lowest BCUT2D eigenvalue weighted by atomic mass is 10.1. The Kier molecular flexibility index (Phi) is 5.39. The third-order valence-electron chi connectivity index (χ3n) is 4.15. The average molecular weight is 411 g/mol. The first-order valence-electron chi connectivity index (χ1n) is 8.07. The van der Waals surface area contributed by atoms with Crippen molar-refractivity contribution in [3.05, 3.63) is 58.4 Å². The number of anilines is 1. The second kappa shape index (κ2) is 7.44. The number of aliphatic imine (C=N–C) groups is 1. The summed E-state index contributed by atoms with van der Waals surface area (Å²) in [6.07, 6.45) is 1.17. The van der Waals surface area contributed by atoms with Gasteiger partial charge in [0.15, 0.2) is 11.5 Å². The topological polar surface area (TPSA) is 80.4 Å². The van der Waals surface area contributed by atoms with Gasteiger partial charge >= 0.3 is 0 Å². The van der Waals surface area contributed by atoms with Crippen LogP contribution in [0.5, 0.6) is 0 Å². The van der Waals surface area contributed by atoms with Crippen LogP contribution >= 0.6 is 23.4 Å². The molecule has 0 radical (unpaired) electrons. The molecular formula is C18H17ClF2N4OS. The first kappa shape index (κ1) is 19.6. The number of halogens is 3. The summed E-state index contributed by atoms with van der Waals surface area (Å²) >= 11 is 7.22. The molecule has 1 aromatic carbocycles. The van der Waals surface area contributed by atoms with E-state index in [9.17, 15) is 13.6 Å². The minimum atomic E-state index is -0.842. The van der Waals surface area contributed by atoms with Crippen molar-refractivity contribution in [1.82, 2.24) is 4.98 Å². The number of nitrogens with one attached hydrogen (secondary N) is 1. The highest BCUT2D eigenvalue weighted by Gasteiger charge is 2.32. The molecule has 0 saturated carbocycles. The Labute approximate surface area is 164 Å². The SMILES string of the molecule is CC1(C)SCC(c2cc(NC(=O)c3ncc(Cl)cc3F)ccc2F)N=C1N. The van der Waals surface area contributed by atoms with Crippen LogP contribution in [0.2, 0.25) is 5.02 Å². The lowest BCUT2D eigenvalue weighted by Gasteiger charge is -2.31. The van der Waals surface area contributed by atoms with Crippen molar-refractivity contribution >= 4 is 40.8 Å². The Bertz CT molecular complexity index is 936. The fraction of sp³-hybridized carbons (Fsp3) is 0.278. The van der Waals surface area contributed by atoms with Gasteiger partial charge in [0.2, 0.25) is 0 Å². The number of nitrogens with two attached hydrogens (primary N) is 1. The number of amidine groups is 1. The van der Waals surface area contributed by atoms with Crippen molar-refractivity contribution in [1.29, 1.82) is 0 Å². The van der Waals surface area contributed by atoms with Crippen LogP contribution in [-0.4, -0.2) is 27.2 Å². The van der Waals surface area contributed by atoms with E-state index in [0.29, 0.717) is 22.8 Å². The number of pyridine rings is 1. The van der Waals surface area contributed by atoms with Gasteiger partial charge in [0.05, 0.1) is 15.8 Å². The van der Waals surface area contributed by atoms with Crippen molar-refractivity contribution < 1.29 is 13.6 Å². The van der Waals surface area contributed by atoms with Crippen molar-refractivity contribution in [2.75, 3.05) is 11.1 Å².